The zero-order chi connectivity index (χ0) is 14.0. The molecule has 0 spiro atoms. The number of piperazine rings is 1. The summed E-state index contributed by atoms with van der Waals surface area (Å²) >= 11 is 0. The van der Waals surface area contributed by atoms with E-state index in [2.05, 4.69) is 11.0 Å². The largest absolute Gasteiger partial charge is 0.399 e. The predicted molar refractivity (Wildman–Crippen MR) is 77.3 cm³/mol. The third-order valence-corrected chi connectivity index (χ3v) is 4.99. The van der Waals surface area contributed by atoms with Crippen molar-refractivity contribution < 1.29 is 8.42 Å². The zero-order valence-corrected chi connectivity index (χ0v) is 12.3. The molecular formula is C13H21N3O2S. The number of anilines is 1. The average molecular weight is 283 g/mol. The lowest BCUT2D eigenvalue weighted by molar-refractivity contribution is 0.182. The van der Waals surface area contributed by atoms with E-state index in [1.807, 2.05) is 19.1 Å². The van der Waals surface area contributed by atoms with Crippen molar-refractivity contribution in [1.29, 1.82) is 0 Å². The van der Waals surface area contributed by atoms with Gasteiger partial charge in [-0.1, -0.05) is 12.1 Å². The first-order chi connectivity index (χ1) is 8.88. The molecule has 1 aromatic carbocycles. The standard InChI is InChI=1S/C13H21N3O2S/c1-11-12(4-3-5-13(11)14)10-15-6-8-16(9-7-15)19(2,17)18/h3-5H,6-10,14H2,1-2H3. The van der Waals surface area contributed by atoms with Crippen molar-refractivity contribution in [3.8, 4) is 0 Å². The van der Waals surface area contributed by atoms with Gasteiger partial charge in [0.2, 0.25) is 10.0 Å². The van der Waals surface area contributed by atoms with E-state index >= 15 is 0 Å². The van der Waals surface area contributed by atoms with Crippen molar-refractivity contribution in [2.24, 2.45) is 0 Å². The topological polar surface area (TPSA) is 66.6 Å². The van der Waals surface area contributed by atoms with E-state index in [1.165, 1.54) is 16.1 Å². The van der Waals surface area contributed by atoms with E-state index in [4.69, 9.17) is 5.73 Å². The summed E-state index contributed by atoms with van der Waals surface area (Å²) in [6, 6.07) is 5.94. The maximum Gasteiger partial charge on any atom is 0.211 e. The number of benzene rings is 1. The van der Waals surface area contributed by atoms with E-state index in [-0.39, 0.29) is 0 Å². The summed E-state index contributed by atoms with van der Waals surface area (Å²) in [4.78, 5) is 2.27. The second-order valence-corrected chi connectivity index (χ2v) is 7.05. The molecule has 1 aliphatic rings. The van der Waals surface area contributed by atoms with Crippen LogP contribution in [0.2, 0.25) is 0 Å². The van der Waals surface area contributed by atoms with Gasteiger partial charge in [0.25, 0.3) is 0 Å². The lowest BCUT2D eigenvalue weighted by Crippen LogP contribution is -2.47. The number of nitrogen functional groups attached to an aromatic ring is 1. The van der Waals surface area contributed by atoms with Gasteiger partial charge in [-0.25, -0.2) is 8.42 Å². The normalized spacial score (nSPS) is 18.6. The predicted octanol–water partition coefficient (Wildman–Crippen LogP) is 0.654. The molecular weight excluding hydrogens is 262 g/mol. The van der Waals surface area contributed by atoms with E-state index in [1.54, 1.807) is 0 Å². The lowest BCUT2D eigenvalue weighted by atomic mass is 10.1. The van der Waals surface area contributed by atoms with Crippen LogP contribution in [-0.4, -0.2) is 50.1 Å². The molecule has 5 nitrogen and oxygen atoms in total. The van der Waals surface area contributed by atoms with Crippen LogP contribution < -0.4 is 5.73 Å². The van der Waals surface area contributed by atoms with Crippen molar-refractivity contribution in [2.45, 2.75) is 13.5 Å². The first kappa shape index (κ1) is 14.3. The van der Waals surface area contributed by atoms with Crippen molar-refractivity contribution in [3.05, 3.63) is 29.3 Å². The smallest absolute Gasteiger partial charge is 0.211 e. The second-order valence-electron chi connectivity index (χ2n) is 5.07. The summed E-state index contributed by atoms with van der Waals surface area (Å²) in [5.74, 6) is 0. The van der Waals surface area contributed by atoms with Crippen LogP contribution in [0.4, 0.5) is 5.69 Å². The summed E-state index contributed by atoms with van der Waals surface area (Å²) in [5.41, 5.74) is 9.05. The van der Waals surface area contributed by atoms with Crippen LogP contribution in [0.1, 0.15) is 11.1 Å². The van der Waals surface area contributed by atoms with Crippen LogP contribution in [0.5, 0.6) is 0 Å². The van der Waals surface area contributed by atoms with Gasteiger partial charge >= 0.3 is 0 Å². The monoisotopic (exact) mass is 283 g/mol. The molecule has 0 atom stereocenters. The van der Waals surface area contributed by atoms with Crippen molar-refractivity contribution in [3.63, 3.8) is 0 Å². The summed E-state index contributed by atoms with van der Waals surface area (Å²) in [5, 5.41) is 0. The molecule has 6 heteroatoms. The van der Waals surface area contributed by atoms with Crippen molar-refractivity contribution in [2.75, 3.05) is 38.2 Å². The van der Waals surface area contributed by atoms with Gasteiger partial charge in [0.1, 0.15) is 0 Å². The molecule has 1 aliphatic heterocycles. The quantitative estimate of drug-likeness (QED) is 0.827. The van der Waals surface area contributed by atoms with Gasteiger partial charge in [0.05, 0.1) is 6.26 Å². The first-order valence-corrected chi connectivity index (χ1v) is 8.24. The molecule has 0 unspecified atom stereocenters. The molecule has 1 aromatic rings. The Kier molecular flexibility index (Phi) is 4.13. The maximum atomic E-state index is 11.4. The Labute approximate surface area is 115 Å². The van der Waals surface area contributed by atoms with Crippen LogP contribution in [0, 0.1) is 6.92 Å². The van der Waals surface area contributed by atoms with Gasteiger partial charge < -0.3 is 5.73 Å². The SMILES string of the molecule is Cc1c(N)cccc1CN1CCN(S(C)(=O)=O)CC1. The fraction of sp³-hybridized carbons (Fsp3) is 0.538. The number of nitrogens with two attached hydrogens (primary N) is 1. The zero-order valence-electron chi connectivity index (χ0n) is 11.5. The highest BCUT2D eigenvalue weighted by Crippen LogP contribution is 2.18. The Morgan fingerprint density at radius 2 is 1.84 bits per heavy atom. The van der Waals surface area contributed by atoms with Crippen LogP contribution in [0.15, 0.2) is 18.2 Å². The fourth-order valence-electron chi connectivity index (χ4n) is 2.33. The summed E-state index contributed by atoms with van der Waals surface area (Å²) in [6.45, 7) is 5.52. The lowest BCUT2D eigenvalue weighted by Gasteiger charge is -2.33. The Balaban J connectivity index is 1.98. The second kappa shape index (κ2) is 5.48. The minimum atomic E-state index is -3.05. The Morgan fingerprint density at radius 3 is 2.42 bits per heavy atom. The Hall–Kier alpha value is -1.11. The van der Waals surface area contributed by atoms with E-state index in [9.17, 15) is 8.42 Å². The highest BCUT2D eigenvalue weighted by atomic mass is 32.2. The summed E-state index contributed by atoms with van der Waals surface area (Å²) in [6.07, 6.45) is 1.27. The number of hydrogen-bond acceptors (Lipinski definition) is 4. The minimum absolute atomic E-state index is 0.570. The molecule has 0 amide bonds. The van der Waals surface area contributed by atoms with Crippen molar-refractivity contribution >= 4 is 15.7 Å². The Morgan fingerprint density at radius 1 is 1.21 bits per heavy atom. The van der Waals surface area contributed by atoms with Gasteiger partial charge in [-0.15, -0.1) is 0 Å². The summed E-state index contributed by atoms with van der Waals surface area (Å²) in [7, 11) is -3.05. The number of nitrogens with zero attached hydrogens (tertiary/aromatic N) is 2. The van der Waals surface area contributed by atoms with Gasteiger partial charge in [-0.3, -0.25) is 4.90 Å². The molecule has 19 heavy (non-hydrogen) atoms. The summed E-state index contributed by atoms with van der Waals surface area (Å²) < 4.78 is 24.4. The van der Waals surface area contributed by atoms with Crippen molar-refractivity contribution in [1.82, 2.24) is 9.21 Å². The molecule has 106 valence electrons. The molecule has 0 saturated carbocycles. The molecule has 1 fully saturated rings. The van der Waals surface area contributed by atoms with Gasteiger partial charge in [0, 0.05) is 38.4 Å². The molecule has 0 radical (unpaired) electrons. The van der Waals surface area contributed by atoms with E-state index < -0.39 is 10.0 Å². The molecule has 2 rings (SSSR count). The fourth-order valence-corrected chi connectivity index (χ4v) is 3.16. The van der Waals surface area contributed by atoms with Gasteiger partial charge in [-0.05, 0) is 24.1 Å². The highest BCUT2D eigenvalue weighted by Gasteiger charge is 2.23. The molecule has 0 aromatic heterocycles. The maximum absolute atomic E-state index is 11.4. The van der Waals surface area contributed by atoms with Crippen LogP contribution >= 0.6 is 0 Å². The number of sulfonamides is 1. The average Bonchev–Trinajstić information content (AvgIpc) is 2.35. The number of rotatable bonds is 3. The van der Waals surface area contributed by atoms with Crippen LogP contribution in [0.3, 0.4) is 0 Å². The third-order valence-electron chi connectivity index (χ3n) is 3.68. The van der Waals surface area contributed by atoms with Crippen LogP contribution in [0.25, 0.3) is 0 Å². The highest BCUT2D eigenvalue weighted by molar-refractivity contribution is 7.88. The molecule has 1 heterocycles. The molecule has 0 bridgehead atoms. The van der Waals surface area contributed by atoms with E-state index in [0.29, 0.717) is 13.1 Å². The number of hydrogen-bond donors (Lipinski definition) is 1. The third kappa shape index (κ3) is 3.46. The molecule has 2 N–H and O–H groups in total. The van der Waals surface area contributed by atoms with Crippen LogP contribution in [-0.2, 0) is 16.6 Å². The molecule has 0 aliphatic carbocycles. The van der Waals surface area contributed by atoms with E-state index in [0.717, 1.165) is 30.9 Å². The van der Waals surface area contributed by atoms with Gasteiger partial charge in [0.15, 0.2) is 0 Å². The Bertz CT molecular complexity index is 549. The first-order valence-electron chi connectivity index (χ1n) is 6.39. The molecule has 1 saturated heterocycles. The minimum Gasteiger partial charge on any atom is -0.399 e. The van der Waals surface area contributed by atoms with Gasteiger partial charge in [-0.2, -0.15) is 4.31 Å².